The van der Waals surface area contributed by atoms with Gasteiger partial charge in [-0.15, -0.1) is 0 Å². The van der Waals surface area contributed by atoms with Crippen LogP contribution in [0, 0.1) is 0 Å². The Morgan fingerprint density at radius 2 is 1.34 bits per heavy atom. The second kappa shape index (κ2) is 7.67. The van der Waals surface area contributed by atoms with Crippen LogP contribution in [0.2, 0.25) is 0 Å². The highest BCUT2D eigenvalue weighted by Crippen LogP contribution is 2.41. The van der Waals surface area contributed by atoms with Gasteiger partial charge in [-0.3, -0.25) is 24.0 Å². The lowest BCUT2D eigenvalue weighted by atomic mass is 9.82. The van der Waals surface area contributed by atoms with Crippen molar-refractivity contribution in [3.8, 4) is 11.5 Å². The van der Waals surface area contributed by atoms with Crippen molar-refractivity contribution in [2.75, 3.05) is 0 Å². The smallest absolute Gasteiger partial charge is 0.308 e. The van der Waals surface area contributed by atoms with Gasteiger partial charge in [0, 0.05) is 37.5 Å². The van der Waals surface area contributed by atoms with E-state index in [1.807, 2.05) is 0 Å². The summed E-state index contributed by atoms with van der Waals surface area (Å²) in [5.41, 5.74) is -0.0424. The van der Waals surface area contributed by atoms with Crippen LogP contribution < -0.4 is 9.47 Å². The van der Waals surface area contributed by atoms with Crippen molar-refractivity contribution >= 4 is 29.5 Å². The van der Waals surface area contributed by atoms with Gasteiger partial charge in [-0.05, 0) is 6.07 Å². The highest BCUT2D eigenvalue weighted by Gasteiger charge is 2.37. The average molecular weight is 396 g/mol. The van der Waals surface area contributed by atoms with E-state index >= 15 is 0 Å². The van der Waals surface area contributed by atoms with Crippen molar-refractivity contribution in [2.24, 2.45) is 0 Å². The van der Waals surface area contributed by atoms with Crippen LogP contribution in [0.1, 0.15) is 58.2 Å². The van der Waals surface area contributed by atoms with Gasteiger partial charge in [-0.25, -0.2) is 0 Å². The van der Waals surface area contributed by atoms with E-state index in [2.05, 4.69) is 0 Å². The normalized spacial score (nSPS) is 12.0. The fourth-order valence-electron chi connectivity index (χ4n) is 3.07. The van der Waals surface area contributed by atoms with Gasteiger partial charge >= 0.3 is 17.9 Å². The van der Waals surface area contributed by atoms with Crippen LogP contribution in [0.15, 0.2) is 30.3 Å². The summed E-state index contributed by atoms with van der Waals surface area (Å²) in [5, 5.41) is 0. The number of fused-ring (bicyclic) bond motifs is 2. The number of ketones is 2. The molecule has 2 aromatic carbocycles. The van der Waals surface area contributed by atoms with E-state index in [-0.39, 0.29) is 45.9 Å². The van der Waals surface area contributed by atoms with Crippen LogP contribution in [0.25, 0.3) is 0 Å². The van der Waals surface area contributed by atoms with Crippen LogP contribution in [-0.4, -0.2) is 29.5 Å². The third-order valence-corrected chi connectivity index (χ3v) is 4.12. The van der Waals surface area contributed by atoms with Crippen LogP contribution in [0.3, 0.4) is 0 Å². The molecule has 0 unspecified atom stereocenters. The molecule has 8 nitrogen and oxygen atoms in total. The van der Waals surface area contributed by atoms with Crippen LogP contribution in [-0.2, 0) is 25.7 Å². The zero-order valence-electron chi connectivity index (χ0n) is 15.9. The van der Waals surface area contributed by atoms with Gasteiger partial charge in [0.15, 0.2) is 11.6 Å². The molecule has 3 rings (SSSR count). The van der Waals surface area contributed by atoms with Crippen molar-refractivity contribution in [3.05, 3.63) is 58.1 Å². The first-order valence-electron chi connectivity index (χ1n) is 8.59. The summed E-state index contributed by atoms with van der Waals surface area (Å²) in [6.07, 6.45) is 0. The Hall–Kier alpha value is -3.81. The zero-order chi connectivity index (χ0) is 21.3. The van der Waals surface area contributed by atoms with Crippen molar-refractivity contribution in [1.82, 2.24) is 0 Å². The summed E-state index contributed by atoms with van der Waals surface area (Å²) in [6.45, 7) is 3.09. The van der Waals surface area contributed by atoms with Crippen molar-refractivity contribution in [3.63, 3.8) is 0 Å². The van der Waals surface area contributed by atoms with E-state index in [1.54, 1.807) is 12.1 Å². The lowest BCUT2D eigenvalue weighted by Crippen LogP contribution is -2.25. The number of ether oxygens (including phenoxy) is 3. The van der Waals surface area contributed by atoms with E-state index < -0.39 is 29.5 Å². The molecule has 0 heterocycles. The number of hydrogen-bond donors (Lipinski definition) is 0. The third kappa shape index (κ3) is 3.77. The van der Waals surface area contributed by atoms with Crippen LogP contribution >= 0.6 is 0 Å². The van der Waals surface area contributed by atoms with Gasteiger partial charge in [-0.1, -0.05) is 24.3 Å². The minimum atomic E-state index is -0.740. The minimum absolute atomic E-state index is 0.103. The highest BCUT2D eigenvalue weighted by molar-refractivity contribution is 6.30. The maximum atomic E-state index is 13.2. The molecule has 0 bridgehead atoms. The van der Waals surface area contributed by atoms with Crippen molar-refractivity contribution < 1.29 is 38.2 Å². The monoisotopic (exact) mass is 396 g/mol. The molecule has 0 saturated carbocycles. The Bertz CT molecular complexity index is 1080. The second-order valence-electron chi connectivity index (χ2n) is 6.28. The first kappa shape index (κ1) is 19.9. The maximum absolute atomic E-state index is 13.2. The van der Waals surface area contributed by atoms with E-state index in [4.69, 9.17) is 14.2 Å². The molecule has 0 radical (unpaired) electrons. The molecular weight excluding hydrogens is 380 g/mol. The lowest BCUT2D eigenvalue weighted by molar-refractivity contribution is -0.142. The fraction of sp³-hybridized carbons (Fsp3) is 0.190. The summed E-state index contributed by atoms with van der Waals surface area (Å²) in [6, 6.07) is 7.40. The molecular formula is C21H16O8. The molecule has 0 N–H and O–H groups in total. The first-order valence-corrected chi connectivity index (χ1v) is 8.59. The number of benzene rings is 2. The highest BCUT2D eigenvalue weighted by atomic mass is 16.5. The molecule has 2 aromatic rings. The fourth-order valence-corrected chi connectivity index (χ4v) is 3.07. The van der Waals surface area contributed by atoms with E-state index in [0.29, 0.717) is 0 Å². The average Bonchev–Trinajstić information content (AvgIpc) is 2.64. The minimum Gasteiger partial charge on any atom is -0.461 e. The Balaban J connectivity index is 2.34. The molecule has 1 aliphatic carbocycles. The molecule has 0 fully saturated rings. The molecule has 0 amide bonds. The van der Waals surface area contributed by atoms with E-state index in [1.165, 1.54) is 25.1 Å². The zero-order valence-corrected chi connectivity index (χ0v) is 15.9. The Kier molecular flexibility index (Phi) is 5.27. The van der Waals surface area contributed by atoms with Gasteiger partial charge in [0.05, 0.1) is 11.1 Å². The number of carbonyl (C=O) groups is 5. The van der Waals surface area contributed by atoms with Gasteiger partial charge in [0.25, 0.3) is 0 Å². The molecule has 0 aromatic heterocycles. The van der Waals surface area contributed by atoms with Crippen LogP contribution in [0.5, 0.6) is 11.5 Å². The summed E-state index contributed by atoms with van der Waals surface area (Å²) in [7, 11) is 0. The molecule has 0 aliphatic heterocycles. The predicted octanol–water partition coefficient (Wildman–Crippen LogP) is 2.38. The molecule has 8 heteroatoms. The first-order chi connectivity index (χ1) is 13.7. The second-order valence-corrected chi connectivity index (χ2v) is 6.28. The summed E-state index contributed by atoms with van der Waals surface area (Å²) in [5.74, 6) is -3.60. The summed E-state index contributed by atoms with van der Waals surface area (Å²) < 4.78 is 15.4. The summed E-state index contributed by atoms with van der Waals surface area (Å²) >= 11 is 0. The van der Waals surface area contributed by atoms with E-state index in [0.717, 1.165) is 13.8 Å². The summed E-state index contributed by atoms with van der Waals surface area (Å²) in [4.78, 5) is 60.8. The number of rotatable bonds is 4. The van der Waals surface area contributed by atoms with Gasteiger partial charge in [-0.2, -0.15) is 0 Å². The lowest BCUT2D eigenvalue weighted by Gasteiger charge is -2.23. The Labute approximate surface area is 165 Å². The van der Waals surface area contributed by atoms with Gasteiger partial charge in [0.1, 0.15) is 18.1 Å². The SMILES string of the molecule is CC(=O)OCc1cc(OC(C)=O)c2c(c1OC(C)=O)C(=O)c1ccccc1C2=O. The number of esters is 3. The van der Waals surface area contributed by atoms with Crippen molar-refractivity contribution in [1.29, 1.82) is 0 Å². The van der Waals surface area contributed by atoms with Crippen LogP contribution in [0.4, 0.5) is 0 Å². The molecule has 0 atom stereocenters. The molecule has 29 heavy (non-hydrogen) atoms. The Morgan fingerprint density at radius 3 is 1.86 bits per heavy atom. The number of carbonyl (C=O) groups excluding carboxylic acids is 5. The standard InChI is InChI=1S/C21H16O8/c1-10(22)27-9-13-8-16(28-11(2)23)17-18(21(13)29-12(3)24)20(26)15-7-5-4-6-14(15)19(17)25/h4-8H,9H2,1-3H3. The quantitative estimate of drug-likeness (QED) is 0.488. The topological polar surface area (TPSA) is 113 Å². The molecule has 1 aliphatic rings. The largest absolute Gasteiger partial charge is 0.461 e. The number of hydrogen-bond acceptors (Lipinski definition) is 8. The van der Waals surface area contributed by atoms with Gasteiger partial charge in [0.2, 0.25) is 0 Å². The molecule has 0 spiro atoms. The Morgan fingerprint density at radius 1 is 0.793 bits per heavy atom. The maximum Gasteiger partial charge on any atom is 0.308 e. The van der Waals surface area contributed by atoms with Gasteiger partial charge < -0.3 is 14.2 Å². The molecule has 148 valence electrons. The molecule has 0 saturated heterocycles. The van der Waals surface area contributed by atoms with Crippen molar-refractivity contribution in [2.45, 2.75) is 27.4 Å². The predicted molar refractivity (Wildman–Crippen MR) is 97.8 cm³/mol. The van der Waals surface area contributed by atoms with E-state index in [9.17, 15) is 24.0 Å². The third-order valence-electron chi connectivity index (χ3n) is 4.12.